The molecule has 1 unspecified atom stereocenters. The van der Waals surface area contributed by atoms with Gasteiger partial charge in [-0.05, 0) is 69.2 Å². The van der Waals surface area contributed by atoms with Gasteiger partial charge in [0.2, 0.25) is 11.8 Å². The van der Waals surface area contributed by atoms with Gasteiger partial charge in [0.05, 0.1) is 6.54 Å². The molecule has 26 heavy (non-hydrogen) atoms. The van der Waals surface area contributed by atoms with Crippen molar-refractivity contribution >= 4 is 23.2 Å². The molecule has 6 heteroatoms. The number of carbonyl (C=O) groups excluding carboxylic acids is 2. The molecule has 2 aliphatic heterocycles. The second-order valence-corrected chi connectivity index (χ2v) is 7.51. The number of likely N-dealkylation sites (tertiary alicyclic amines) is 1. The van der Waals surface area contributed by atoms with Crippen LogP contribution in [0.15, 0.2) is 24.3 Å². The molecule has 2 saturated heterocycles. The molecule has 0 saturated carbocycles. The summed E-state index contributed by atoms with van der Waals surface area (Å²) in [6.07, 6.45) is 4.89. The van der Waals surface area contributed by atoms with E-state index in [1.807, 2.05) is 31.2 Å². The lowest BCUT2D eigenvalue weighted by molar-refractivity contribution is -0.121. The van der Waals surface area contributed by atoms with Gasteiger partial charge in [0.15, 0.2) is 0 Å². The molecule has 142 valence electrons. The van der Waals surface area contributed by atoms with Crippen LogP contribution >= 0.6 is 0 Å². The first-order chi connectivity index (χ1) is 12.6. The van der Waals surface area contributed by atoms with Crippen LogP contribution in [0.2, 0.25) is 0 Å². The Morgan fingerprint density at radius 1 is 1.04 bits per heavy atom. The lowest BCUT2D eigenvalue weighted by atomic mass is 9.88. The second kappa shape index (κ2) is 9.14. The standard InChI is InChI=1S/C20H30N4O2/c1-15(16-12-21-13-16)20(26)23-18-8-6-17(7-9-18)22-19(25)14-24-10-4-2-3-5-11-24/h6-9,15-16,21H,2-5,10-14H2,1H3,(H,22,25)(H,23,26). The van der Waals surface area contributed by atoms with E-state index in [4.69, 9.17) is 0 Å². The summed E-state index contributed by atoms with van der Waals surface area (Å²) in [6.45, 7) is 6.26. The number of nitrogens with one attached hydrogen (secondary N) is 3. The molecule has 3 N–H and O–H groups in total. The first-order valence-corrected chi connectivity index (χ1v) is 9.75. The van der Waals surface area contributed by atoms with Gasteiger partial charge in [-0.2, -0.15) is 0 Å². The Kier molecular flexibility index (Phi) is 6.63. The Hall–Kier alpha value is -1.92. The molecule has 3 rings (SSSR count). The van der Waals surface area contributed by atoms with Crippen LogP contribution in [0.4, 0.5) is 11.4 Å². The third kappa shape index (κ3) is 5.29. The van der Waals surface area contributed by atoms with Crippen molar-refractivity contribution < 1.29 is 9.59 Å². The lowest BCUT2D eigenvalue weighted by Gasteiger charge is -2.31. The minimum Gasteiger partial charge on any atom is -0.326 e. The van der Waals surface area contributed by atoms with Crippen molar-refractivity contribution in [3.63, 3.8) is 0 Å². The SMILES string of the molecule is CC(C(=O)Nc1ccc(NC(=O)CN2CCCCCC2)cc1)C1CNC1. The van der Waals surface area contributed by atoms with Crippen LogP contribution in [0.25, 0.3) is 0 Å². The van der Waals surface area contributed by atoms with Crippen molar-refractivity contribution in [2.24, 2.45) is 11.8 Å². The number of hydrogen-bond donors (Lipinski definition) is 3. The fourth-order valence-electron chi connectivity index (χ4n) is 3.47. The van der Waals surface area contributed by atoms with Crippen molar-refractivity contribution in [2.45, 2.75) is 32.6 Å². The number of amides is 2. The molecule has 2 amide bonds. The second-order valence-electron chi connectivity index (χ2n) is 7.51. The predicted molar refractivity (Wildman–Crippen MR) is 104 cm³/mol. The fourth-order valence-corrected chi connectivity index (χ4v) is 3.47. The van der Waals surface area contributed by atoms with Crippen LogP contribution in [0, 0.1) is 11.8 Å². The van der Waals surface area contributed by atoms with Crippen LogP contribution in [0.1, 0.15) is 32.6 Å². The van der Waals surface area contributed by atoms with Gasteiger partial charge in [0.25, 0.3) is 0 Å². The predicted octanol–water partition coefficient (Wildman–Crippen LogP) is 2.30. The lowest BCUT2D eigenvalue weighted by Crippen LogP contribution is -2.48. The van der Waals surface area contributed by atoms with Gasteiger partial charge >= 0.3 is 0 Å². The monoisotopic (exact) mass is 358 g/mol. The van der Waals surface area contributed by atoms with E-state index in [1.54, 1.807) is 0 Å². The summed E-state index contributed by atoms with van der Waals surface area (Å²) in [7, 11) is 0. The van der Waals surface area contributed by atoms with E-state index in [-0.39, 0.29) is 17.7 Å². The van der Waals surface area contributed by atoms with Crippen LogP contribution in [-0.2, 0) is 9.59 Å². The normalized spacial score (nSPS) is 19.9. The van der Waals surface area contributed by atoms with Crippen molar-refractivity contribution in [2.75, 3.05) is 43.4 Å². The van der Waals surface area contributed by atoms with Crippen molar-refractivity contribution in [3.8, 4) is 0 Å². The highest BCUT2D eigenvalue weighted by molar-refractivity contribution is 5.94. The molecule has 0 aliphatic carbocycles. The quantitative estimate of drug-likeness (QED) is 0.729. The molecule has 0 spiro atoms. The van der Waals surface area contributed by atoms with Crippen molar-refractivity contribution in [1.82, 2.24) is 10.2 Å². The molecule has 0 radical (unpaired) electrons. The zero-order valence-electron chi connectivity index (χ0n) is 15.6. The van der Waals surface area contributed by atoms with E-state index >= 15 is 0 Å². The molecule has 2 heterocycles. The van der Waals surface area contributed by atoms with Gasteiger partial charge in [-0.15, -0.1) is 0 Å². The summed E-state index contributed by atoms with van der Waals surface area (Å²) < 4.78 is 0. The third-order valence-corrected chi connectivity index (χ3v) is 5.44. The average Bonchev–Trinajstić information content (AvgIpc) is 2.83. The maximum absolute atomic E-state index is 12.2. The average molecular weight is 358 g/mol. The van der Waals surface area contributed by atoms with E-state index in [9.17, 15) is 9.59 Å². The molecule has 0 aromatic heterocycles. The van der Waals surface area contributed by atoms with Crippen LogP contribution in [0.5, 0.6) is 0 Å². The van der Waals surface area contributed by atoms with Gasteiger partial charge in [0.1, 0.15) is 0 Å². The third-order valence-electron chi connectivity index (χ3n) is 5.44. The highest BCUT2D eigenvalue weighted by atomic mass is 16.2. The first kappa shape index (κ1) is 18.9. The summed E-state index contributed by atoms with van der Waals surface area (Å²) in [4.78, 5) is 26.7. The van der Waals surface area contributed by atoms with Gasteiger partial charge in [-0.1, -0.05) is 19.8 Å². The molecule has 1 atom stereocenters. The number of hydrogen-bond acceptors (Lipinski definition) is 4. The van der Waals surface area contributed by atoms with Crippen molar-refractivity contribution in [1.29, 1.82) is 0 Å². The summed E-state index contributed by atoms with van der Waals surface area (Å²) in [6, 6.07) is 7.35. The fraction of sp³-hybridized carbons (Fsp3) is 0.600. The summed E-state index contributed by atoms with van der Waals surface area (Å²) >= 11 is 0. The van der Waals surface area contributed by atoms with Gasteiger partial charge < -0.3 is 16.0 Å². The van der Waals surface area contributed by atoms with E-state index in [1.165, 1.54) is 25.7 Å². The maximum Gasteiger partial charge on any atom is 0.238 e. The van der Waals surface area contributed by atoms with Crippen molar-refractivity contribution in [3.05, 3.63) is 24.3 Å². The van der Waals surface area contributed by atoms with E-state index in [2.05, 4.69) is 20.9 Å². The van der Waals surface area contributed by atoms with Crippen LogP contribution in [-0.4, -0.2) is 49.4 Å². The molecule has 0 bridgehead atoms. The number of rotatable bonds is 6. The Morgan fingerprint density at radius 3 is 2.15 bits per heavy atom. The summed E-state index contributed by atoms with van der Waals surface area (Å²) in [5, 5.41) is 9.10. The Morgan fingerprint density at radius 2 is 1.62 bits per heavy atom. The summed E-state index contributed by atoms with van der Waals surface area (Å²) in [5.41, 5.74) is 1.53. The Balaban J connectivity index is 1.46. The number of carbonyl (C=O) groups is 2. The maximum atomic E-state index is 12.2. The van der Waals surface area contributed by atoms with Gasteiger partial charge in [0, 0.05) is 17.3 Å². The molecule has 6 nitrogen and oxygen atoms in total. The summed E-state index contributed by atoms with van der Waals surface area (Å²) in [5.74, 6) is 0.501. The van der Waals surface area contributed by atoms with E-state index in [0.717, 1.165) is 37.6 Å². The van der Waals surface area contributed by atoms with Crippen LogP contribution < -0.4 is 16.0 Å². The van der Waals surface area contributed by atoms with Gasteiger partial charge in [-0.25, -0.2) is 0 Å². The number of benzene rings is 1. The van der Waals surface area contributed by atoms with E-state index in [0.29, 0.717) is 12.5 Å². The van der Waals surface area contributed by atoms with Crippen LogP contribution in [0.3, 0.4) is 0 Å². The Bertz CT molecular complexity index is 605. The molecule has 1 aromatic rings. The highest BCUT2D eigenvalue weighted by Gasteiger charge is 2.28. The largest absolute Gasteiger partial charge is 0.326 e. The Labute approximate surface area is 155 Å². The first-order valence-electron chi connectivity index (χ1n) is 9.75. The molecule has 1 aromatic carbocycles. The molecular weight excluding hydrogens is 328 g/mol. The molecule has 2 aliphatic rings. The minimum absolute atomic E-state index is 0.00394. The van der Waals surface area contributed by atoms with E-state index < -0.39 is 0 Å². The van der Waals surface area contributed by atoms with Gasteiger partial charge in [-0.3, -0.25) is 14.5 Å². The minimum atomic E-state index is 0.00394. The zero-order valence-corrected chi connectivity index (χ0v) is 15.6. The molecule has 2 fully saturated rings. The number of nitrogens with zero attached hydrogens (tertiary/aromatic N) is 1. The number of anilines is 2. The molecular formula is C20H30N4O2. The topological polar surface area (TPSA) is 73.5 Å². The zero-order chi connectivity index (χ0) is 18.4. The highest BCUT2D eigenvalue weighted by Crippen LogP contribution is 2.19. The smallest absolute Gasteiger partial charge is 0.238 e.